The topological polar surface area (TPSA) is 24.9 Å². The van der Waals surface area contributed by atoms with Gasteiger partial charge in [-0.2, -0.15) is 0 Å². The van der Waals surface area contributed by atoms with E-state index < -0.39 is 0 Å². The lowest BCUT2D eigenvalue weighted by atomic mass is 10.3. The minimum atomic E-state index is 0.579. The number of hydrogen-bond donors (Lipinski definition) is 1. The molecular weight excluding hydrogens is 243 g/mol. The van der Waals surface area contributed by atoms with E-state index in [9.17, 15) is 0 Å². The average molecular weight is 253 g/mol. The summed E-state index contributed by atoms with van der Waals surface area (Å²) in [4.78, 5) is 4.19. The van der Waals surface area contributed by atoms with E-state index in [1.165, 1.54) is 0 Å². The van der Waals surface area contributed by atoms with Gasteiger partial charge in [-0.3, -0.25) is 0 Å². The highest BCUT2D eigenvalue weighted by Crippen LogP contribution is 2.31. The molecule has 1 N–H and O–H groups in total. The number of benzene rings is 1. The molecule has 0 saturated carbocycles. The summed E-state index contributed by atoms with van der Waals surface area (Å²) in [6.07, 6.45) is 1.74. The van der Waals surface area contributed by atoms with Crippen LogP contribution >= 0.6 is 23.2 Å². The van der Waals surface area contributed by atoms with Crippen LogP contribution in [0.2, 0.25) is 10.0 Å². The summed E-state index contributed by atoms with van der Waals surface area (Å²) in [5, 5.41) is 4.27. The molecule has 0 unspecified atom stereocenters. The van der Waals surface area contributed by atoms with Crippen molar-refractivity contribution in [2.75, 3.05) is 5.32 Å². The zero-order chi connectivity index (χ0) is 11.5. The highest BCUT2D eigenvalue weighted by atomic mass is 35.5. The molecule has 82 valence electrons. The van der Waals surface area contributed by atoms with Crippen molar-refractivity contribution in [2.24, 2.45) is 0 Å². The first-order chi connectivity index (χ1) is 7.66. The van der Waals surface area contributed by atoms with Gasteiger partial charge in [0, 0.05) is 6.20 Å². The molecule has 4 heteroatoms. The van der Waals surface area contributed by atoms with E-state index in [2.05, 4.69) is 10.3 Å². The Hall–Kier alpha value is -1.25. The van der Waals surface area contributed by atoms with Crippen molar-refractivity contribution in [1.82, 2.24) is 4.98 Å². The molecule has 0 bridgehead atoms. The van der Waals surface area contributed by atoms with Crippen LogP contribution in [0, 0.1) is 6.92 Å². The molecule has 0 spiro atoms. The summed E-state index contributed by atoms with van der Waals surface area (Å²) < 4.78 is 0. The molecule has 2 aromatic rings. The molecule has 0 amide bonds. The molecule has 0 aliphatic carbocycles. The monoisotopic (exact) mass is 252 g/mol. The summed E-state index contributed by atoms with van der Waals surface area (Å²) >= 11 is 12.1. The zero-order valence-corrected chi connectivity index (χ0v) is 10.2. The summed E-state index contributed by atoms with van der Waals surface area (Å²) in [6.45, 7) is 2.00. The highest BCUT2D eigenvalue weighted by molar-refractivity contribution is 6.39. The van der Waals surface area contributed by atoms with Gasteiger partial charge < -0.3 is 5.32 Å². The van der Waals surface area contributed by atoms with E-state index in [-0.39, 0.29) is 0 Å². The molecule has 0 fully saturated rings. The fourth-order valence-corrected chi connectivity index (χ4v) is 1.84. The predicted octanol–water partition coefficient (Wildman–Crippen LogP) is 4.44. The number of nitrogens with one attached hydrogen (secondary N) is 1. The van der Waals surface area contributed by atoms with Gasteiger partial charge in [-0.1, -0.05) is 29.3 Å². The maximum atomic E-state index is 6.04. The Bertz CT molecular complexity index is 492. The van der Waals surface area contributed by atoms with E-state index in [1.807, 2.05) is 19.1 Å². The number of pyridine rings is 1. The van der Waals surface area contributed by atoms with Crippen LogP contribution < -0.4 is 5.32 Å². The molecule has 0 saturated heterocycles. The Morgan fingerprint density at radius 1 is 1.12 bits per heavy atom. The quantitative estimate of drug-likeness (QED) is 0.855. The van der Waals surface area contributed by atoms with Gasteiger partial charge in [-0.05, 0) is 36.8 Å². The van der Waals surface area contributed by atoms with Crippen LogP contribution in [0.15, 0.2) is 36.5 Å². The molecule has 0 atom stereocenters. The predicted molar refractivity (Wildman–Crippen MR) is 68.7 cm³/mol. The fourth-order valence-electron chi connectivity index (χ4n) is 1.35. The smallest absolute Gasteiger partial charge is 0.130 e. The largest absolute Gasteiger partial charge is 0.338 e. The maximum absolute atomic E-state index is 6.04. The highest BCUT2D eigenvalue weighted by Gasteiger charge is 2.05. The summed E-state index contributed by atoms with van der Waals surface area (Å²) in [7, 11) is 0. The van der Waals surface area contributed by atoms with Crippen molar-refractivity contribution < 1.29 is 0 Å². The van der Waals surface area contributed by atoms with Crippen LogP contribution in [-0.4, -0.2) is 4.98 Å². The van der Waals surface area contributed by atoms with Crippen molar-refractivity contribution in [3.8, 4) is 0 Å². The molecule has 2 nitrogen and oxygen atoms in total. The standard InChI is InChI=1S/C12H10Cl2N2/c1-8-5-6-15-11(7-8)16-12-9(13)3-2-4-10(12)14/h2-7H,1H3,(H,15,16). The molecule has 0 aliphatic rings. The van der Waals surface area contributed by atoms with Gasteiger partial charge in [0.2, 0.25) is 0 Å². The lowest BCUT2D eigenvalue weighted by Crippen LogP contribution is -1.95. The summed E-state index contributed by atoms with van der Waals surface area (Å²) in [5.74, 6) is 0.731. The molecule has 1 aromatic heterocycles. The first-order valence-corrected chi connectivity index (χ1v) is 5.56. The normalized spacial score (nSPS) is 10.2. The van der Waals surface area contributed by atoms with E-state index in [4.69, 9.17) is 23.2 Å². The van der Waals surface area contributed by atoms with Gasteiger partial charge in [-0.25, -0.2) is 4.98 Å². The van der Waals surface area contributed by atoms with Crippen LogP contribution in [0.1, 0.15) is 5.56 Å². The first-order valence-electron chi connectivity index (χ1n) is 4.80. The lowest BCUT2D eigenvalue weighted by molar-refractivity contribution is 1.27. The Kier molecular flexibility index (Phi) is 3.32. The number of anilines is 2. The van der Waals surface area contributed by atoms with Crippen molar-refractivity contribution in [2.45, 2.75) is 6.92 Å². The number of para-hydroxylation sites is 1. The number of rotatable bonds is 2. The van der Waals surface area contributed by atoms with Gasteiger partial charge in [0.25, 0.3) is 0 Å². The van der Waals surface area contributed by atoms with Gasteiger partial charge in [-0.15, -0.1) is 0 Å². The molecule has 0 aliphatic heterocycles. The Balaban J connectivity index is 2.34. The second kappa shape index (κ2) is 4.73. The van der Waals surface area contributed by atoms with Gasteiger partial charge in [0.05, 0.1) is 15.7 Å². The minimum Gasteiger partial charge on any atom is -0.338 e. The Labute approximate surface area is 104 Å². The third-order valence-corrected chi connectivity index (χ3v) is 2.76. The number of aryl methyl sites for hydroxylation is 1. The third-order valence-electron chi connectivity index (χ3n) is 2.13. The average Bonchev–Trinajstić information content (AvgIpc) is 2.24. The number of aromatic nitrogens is 1. The zero-order valence-electron chi connectivity index (χ0n) is 8.67. The van der Waals surface area contributed by atoms with Gasteiger partial charge in [0.1, 0.15) is 5.82 Å². The third kappa shape index (κ3) is 2.46. The molecule has 1 heterocycles. The molecule has 16 heavy (non-hydrogen) atoms. The van der Waals surface area contributed by atoms with Gasteiger partial charge in [0.15, 0.2) is 0 Å². The van der Waals surface area contributed by atoms with Crippen LogP contribution in [-0.2, 0) is 0 Å². The molecular formula is C12H10Cl2N2. The van der Waals surface area contributed by atoms with E-state index in [0.29, 0.717) is 15.7 Å². The van der Waals surface area contributed by atoms with Crippen LogP contribution in [0.25, 0.3) is 0 Å². The SMILES string of the molecule is Cc1ccnc(Nc2c(Cl)cccc2Cl)c1. The van der Waals surface area contributed by atoms with E-state index in [0.717, 1.165) is 11.4 Å². The summed E-state index contributed by atoms with van der Waals surface area (Å²) in [6, 6.07) is 9.23. The molecule has 0 radical (unpaired) electrons. The number of nitrogens with zero attached hydrogens (tertiary/aromatic N) is 1. The number of hydrogen-bond acceptors (Lipinski definition) is 2. The van der Waals surface area contributed by atoms with Crippen molar-refractivity contribution in [3.05, 3.63) is 52.1 Å². The Morgan fingerprint density at radius 3 is 2.44 bits per heavy atom. The summed E-state index contributed by atoms with van der Waals surface area (Å²) in [5.41, 5.74) is 1.81. The van der Waals surface area contributed by atoms with Crippen molar-refractivity contribution >= 4 is 34.7 Å². The van der Waals surface area contributed by atoms with Crippen LogP contribution in [0.3, 0.4) is 0 Å². The first kappa shape index (κ1) is 11.2. The number of halogens is 2. The van der Waals surface area contributed by atoms with Crippen molar-refractivity contribution in [1.29, 1.82) is 0 Å². The maximum Gasteiger partial charge on any atom is 0.130 e. The molecule has 1 aromatic carbocycles. The van der Waals surface area contributed by atoms with Crippen molar-refractivity contribution in [3.63, 3.8) is 0 Å². The van der Waals surface area contributed by atoms with Crippen LogP contribution in [0.5, 0.6) is 0 Å². The second-order valence-corrected chi connectivity index (χ2v) is 4.25. The minimum absolute atomic E-state index is 0.579. The molecule has 2 rings (SSSR count). The van der Waals surface area contributed by atoms with E-state index >= 15 is 0 Å². The second-order valence-electron chi connectivity index (χ2n) is 3.44. The Morgan fingerprint density at radius 2 is 1.81 bits per heavy atom. The van der Waals surface area contributed by atoms with Gasteiger partial charge >= 0.3 is 0 Å². The van der Waals surface area contributed by atoms with Crippen LogP contribution in [0.4, 0.5) is 11.5 Å². The lowest BCUT2D eigenvalue weighted by Gasteiger charge is -2.09. The van der Waals surface area contributed by atoms with E-state index in [1.54, 1.807) is 24.4 Å². The fraction of sp³-hybridized carbons (Fsp3) is 0.0833.